The van der Waals surface area contributed by atoms with Gasteiger partial charge in [0.05, 0.1) is 0 Å². The lowest BCUT2D eigenvalue weighted by Crippen LogP contribution is -2.11. The molecule has 0 fully saturated rings. The van der Waals surface area contributed by atoms with E-state index in [1.165, 1.54) is 96.3 Å². The van der Waals surface area contributed by atoms with Crippen molar-refractivity contribution in [3.05, 3.63) is 11.8 Å². The first-order valence-electron chi connectivity index (χ1n) is 9.17. The van der Waals surface area contributed by atoms with Crippen LogP contribution in [0.2, 0.25) is 0 Å². The smallest absolute Gasteiger partial charge is 0.00869 e. The molecule has 1 aliphatic rings. The Morgan fingerprint density at radius 2 is 1.00 bits per heavy atom. The number of nitrogens with zero attached hydrogens (tertiary/aromatic N) is 1. The van der Waals surface area contributed by atoms with Gasteiger partial charge in [-0.15, -0.1) is 0 Å². The second kappa shape index (κ2) is 12.3. The van der Waals surface area contributed by atoms with Gasteiger partial charge in [0.15, 0.2) is 0 Å². The van der Waals surface area contributed by atoms with Crippen LogP contribution in [0.5, 0.6) is 0 Å². The number of allylic oxidation sites excluding steroid dienone is 2. The summed E-state index contributed by atoms with van der Waals surface area (Å²) in [5.74, 6) is 0. The minimum absolute atomic E-state index is 1.28. The summed E-state index contributed by atoms with van der Waals surface area (Å²) in [5.41, 5.74) is 1.56. The van der Waals surface area contributed by atoms with Crippen LogP contribution in [0.4, 0.5) is 0 Å². The van der Waals surface area contributed by atoms with Crippen molar-refractivity contribution in [3.8, 4) is 0 Å². The second-order valence-electron chi connectivity index (χ2n) is 6.72. The van der Waals surface area contributed by atoms with Crippen molar-refractivity contribution < 1.29 is 0 Å². The van der Waals surface area contributed by atoms with Crippen molar-refractivity contribution >= 4 is 0 Å². The zero-order chi connectivity index (χ0) is 14.5. The van der Waals surface area contributed by atoms with E-state index in [0.717, 1.165) is 0 Å². The van der Waals surface area contributed by atoms with Crippen molar-refractivity contribution in [2.24, 2.45) is 0 Å². The van der Waals surface area contributed by atoms with Crippen LogP contribution in [0.1, 0.15) is 96.3 Å². The van der Waals surface area contributed by atoms with Gasteiger partial charge in [0.2, 0.25) is 0 Å². The summed E-state index contributed by atoms with van der Waals surface area (Å²) in [6.07, 6.45) is 23.9. The molecule has 0 spiro atoms. The molecular formula is C19H37N. The SMILES string of the molecule is CN(C)/C1=C/CCCCCCCCCCCCCCC1. The van der Waals surface area contributed by atoms with Gasteiger partial charge in [-0.2, -0.15) is 0 Å². The van der Waals surface area contributed by atoms with Crippen LogP contribution in [0.3, 0.4) is 0 Å². The van der Waals surface area contributed by atoms with E-state index in [9.17, 15) is 0 Å². The van der Waals surface area contributed by atoms with Crippen LogP contribution in [-0.2, 0) is 0 Å². The molecule has 20 heavy (non-hydrogen) atoms. The third-order valence-electron chi connectivity index (χ3n) is 4.59. The molecule has 118 valence electrons. The molecule has 0 aromatic heterocycles. The molecule has 0 saturated carbocycles. The zero-order valence-corrected chi connectivity index (χ0v) is 14.1. The molecule has 0 heterocycles. The highest BCUT2D eigenvalue weighted by Crippen LogP contribution is 2.17. The fourth-order valence-corrected chi connectivity index (χ4v) is 3.17. The number of hydrogen-bond donors (Lipinski definition) is 0. The van der Waals surface area contributed by atoms with E-state index in [4.69, 9.17) is 0 Å². The lowest BCUT2D eigenvalue weighted by Gasteiger charge is -2.17. The standard InChI is InChI=1S/C19H37N/c1-20(2)19-17-15-13-11-9-7-5-3-4-6-8-10-12-14-16-18-19/h17H,3-16,18H2,1-2H3/b19-17+. The van der Waals surface area contributed by atoms with E-state index in [1.807, 2.05) is 0 Å². The third-order valence-corrected chi connectivity index (χ3v) is 4.59. The Bertz CT molecular complexity index is 242. The highest BCUT2D eigenvalue weighted by molar-refractivity contribution is 4.99. The molecule has 1 heteroatoms. The molecule has 0 saturated heterocycles. The molecular weight excluding hydrogens is 242 g/mol. The fraction of sp³-hybridized carbons (Fsp3) is 0.895. The van der Waals surface area contributed by atoms with Gasteiger partial charge < -0.3 is 4.90 Å². The Hall–Kier alpha value is -0.460. The van der Waals surface area contributed by atoms with Gasteiger partial charge in [-0.1, -0.05) is 76.7 Å². The first-order valence-corrected chi connectivity index (χ1v) is 9.17. The molecule has 0 aliphatic heterocycles. The van der Waals surface area contributed by atoms with Crippen LogP contribution in [-0.4, -0.2) is 19.0 Å². The van der Waals surface area contributed by atoms with Gasteiger partial charge >= 0.3 is 0 Å². The van der Waals surface area contributed by atoms with Crippen molar-refractivity contribution in [1.29, 1.82) is 0 Å². The molecule has 0 aromatic carbocycles. The lowest BCUT2D eigenvalue weighted by molar-refractivity contribution is 0.467. The van der Waals surface area contributed by atoms with Crippen molar-refractivity contribution in [1.82, 2.24) is 4.90 Å². The summed E-state index contributed by atoms with van der Waals surface area (Å²) >= 11 is 0. The Morgan fingerprint density at radius 3 is 1.45 bits per heavy atom. The zero-order valence-electron chi connectivity index (χ0n) is 14.1. The Labute approximate surface area is 127 Å². The van der Waals surface area contributed by atoms with Crippen molar-refractivity contribution in [3.63, 3.8) is 0 Å². The lowest BCUT2D eigenvalue weighted by atomic mass is 10.0. The molecule has 0 unspecified atom stereocenters. The summed E-state index contributed by atoms with van der Waals surface area (Å²) in [7, 11) is 4.41. The maximum absolute atomic E-state index is 2.50. The fourth-order valence-electron chi connectivity index (χ4n) is 3.17. The van der Waals surface area contributed by atoms with Gasteiger partial charge in [-0.25, -0.2) is 0 Å². The molecule has 1 nitrogen and oxygen atoms in total. The summed E-state index contributed by atoms with van der Waals surface area (Å²) in [6, 6.07) is 0. The highest BCUT2D eigenvalue weighted by atomic mass is 15.1. The second-order valence-corrected chi connectivity index (χ2v) is 6.72. The van der Waals surface area contributed by atoms with Crippen LogP contribution in [0, 0.1) is 0 Å². The van der Waals surface area contributed by atoms with Crippen LogP contribution < -0.4 is 0 Å². The van der Waals surface area contributed by atoms with Crippen LogP contribution in [0.25, 0.3) is 0 Å². The highest BCUT2D eigenvalue weighted by Gasteiger charge is 2.01. The molecule has 1 aliphatic carbocycles. The number of hydrogen-bond acceptors (Lipinski definition) is 1. The van der Waals surface area contributed by atoms with Crippen LogP contribution in [0.15, 0.2) is 11.8 Å². The van der Waals surface area contributed by atoms with E-state index in [2.05, 4.69) is 25.1 Å². The molecule has 0 N–H and O–H groups in total. The summed E-state index contributed by atoms with van der Waals surface area (Å²) in [4.78, 5) is 2.33. The van der Waals surface area contributed by atoms with Crippen molar-refractivity contribution in [2.45, 2.75) is 96.3 Å². The summed E-state index contributed by atoms with van der Waals surface area (Å²) in [5, 5.41) is 0. The first kappa shape index (κ1) is 17.6. The molecule has 1 rings (SSSR count). The van der Waals surface area contributed by atoms with E-state index in [1.54, 1.807) is 5.70 Å². The maximum Gasteiger partial charge on any atom is 0.00869 e. The monoisotopic (exact) mass is 279 g/mol. The largest absolute Gasteiger partial charge is 0.381 e. The van der Waals surface area contributed by atoms with E-state index in [-0.39, 0.29) is 0 Å². The van der Waals surface area contributed by atoms with E-state index in [0.29, 0.717) is 0 Å². The predicted molar refractivity (Wildman–Crippen MR) is 91.0 cm³/mol. The Morgan fingerprint density at radius 1 is 0.600 bits per heavy atom. The first-order chi connectivity index (χ1) is 9.80. The minimum Gasteiger partial charge on any atom is -0.381 e. The Kier molecular flexibility index (Phi) is 10.8. The Balaban J connectivity index is 2.31. The van der Waals surface area contributed by atoms with Gasteiger partial charge in [-0.3, -0.25) is 0 Å². The minimum atomic E-state index is 1.28. The molecule has 0 bridgehead atoms. The molecule has 0 aromatic rings. The normalized spacial score (nSPS) is 24.4. The third kappa shape index (κ3) is 9.44. The summed E-state index contributed by atoms with van der Waals surface area (Å²) in [6.45, 7) is 0. The number of rotatable bonds is 1. The summed E-state index contributed by atoms with van der Waals surface area (Å²) < 4.78 is 0. The predicted octanol–water partition coefficient (Wildman–Crippen LogP) is 6.30. The average Bonchev–Trinajstić information content (AvgIpc) is 2.43. The van der Waals surface area contributed by atoms with Crippen LogP contribution >= 0.6 is 0 Å². The average molecular weight is 280 g/mol. The van der Waals surface area contributed by atoms with Gasteiger partial charge in [-0.05, 0) is 25.7 Å². The quantitative estimate of drug-likeness (QED) is 0.544. The van der Waals surface area contributed by atoms with E-state index >= 15 is 0 Å². The molecule has 0 amide bonds. The van der Waals surface area contributed by atoms with Gasteiger partial charge in [0, 0.05) is 19.8 Å². The maximum atomic E-state index is 2.50. The van der Waals surface area contributed by atoms with Gasteiger partial charge in [0.25, 0.3) is 0 Å². The topological polar surface area (TPSA) is 3.24 Å². The van der Waals surface area contributed by atoms with Gasteiger partial charge in [0.1, 0.15) is 0 Å². The molecule has 0 radical (unpaired) electrons. The van der Waals surface area contributed by atoms with E-state index < -0.39 is 0 Å². The van der Waals surface area contributed by atoms with Crippen molar-refractivity contribution in [2.75, 3.05) is 14.1 Å². The molecule has 0 atom stereocenters.